The monoisotopic (exact) mass is 268 g/mol. The molecule has 1 saturated carbocycles. The molecule has 2 amide bonds. The second kappa shape index (κ2) is 4.40. The van der Waals surface area contributed by atoms with Crippen molar-refractivity contribution in [2.75, 3.05) is 18.4 Å². The minimum Gasteiger partial charge on any atom is -0.318 e. The maximum Gasteiger partial charge on any atom is 0.323 e. The predicted octanol–water partition coefficient (Wildman–Crippen LogP) is 2.23. The third-order valence-electron chi connectivity index (χ3n) is 3.37. The van der Waals surface area contributed by atoms with Gasteiger partial charge < -0.3 is 4.90 Å². The van der Waals surface area contributed by atoms with Gasteiger partial charge in [-0.15, -0.1) is 5.10 Å². The Hall–Kier alpha value is -1.79. The molecule has 1 aliphatic carbocycles. The summed E-state index contributed by atoms with van der Waals surface area (Å²) in [7, 11) is 0. The second-order valence-electron chi connectivity index (χ2n) is 5.08. The van der Waals surface area contributed by atoms with Crippen LogP contribution in [0.2, 0.25) is 0 Å². The SMILES string of the molecule is O=C(Nc1ccc(C2CC2)nn1)N1CCC(F)(F)C1. The minimum atomic E-state index is -2.78. The highest BCUT2D eigenvalue weighted by molar-refractivity contribution is 5.88. The van der Waals surface area contributed by atoms with Crippen LogP contribution in [0, 0.1) is 0 Å². The number of aromatic nitrogens is 2. The number of alkyl halides is 2. The van der Waals surface area contributed by atoms with Crippen molar-refractivity contribution in [2.45, 2.75) is 31.1 Å². The summed E-state index contributed by atoms with van der Waals surface area (Å²) in [6, 6.07) is 2.93. The van der Waals surface area contributed by atoms with E-state index in [9.17, 15) is 13.6 Å². The van der Waals surface area contributed by atoms with Crippen molar-refractivity contribution in [3.63, 3.8) is 0 Å². The van der Waals surface area contributed by atoms with Gasteiger partial charge in [0.1, 0.15) is 0 Å². The number of rotatable bonds is 2. The van der Waals surface area contributed by atoms with Gasteiger partial charge >= 0.3 is 6.03 Å². The van der Waals surface area contributed by atoms with Gasteiger partial charge in [-0.3, -0.25) is 5.32 Å². The van der Waals surface area contributed by atoms with Crippen LogP contribution in [-0.4, -0.2) is 40.1 Å². The molecule has 0 aromatic carbocycles. The number of halogens is 2. The van der Waals surface area contributed by atoms with E-state index >= 15 is 0 Å². The number of carbonyl (C=O) groups excluding carboxylic acids is 1. The Morgan fingerprint density at radius 1 is 1.37 bits per heavy atom. The van der Waals surface area contributed by atoms with Crippen LogP contribution in [-0.2, 0) is 0 Å². The molecule has 0 atom stereocenters. The summed E-state index contributed by atoms with van der Waals surface area (Å²) < 4.78 is 26.0. The zero-order valence-corrected chi connectivity index (χ0v) is 10.3. The Morgan fingerprint density at radius 3 is 2.68 bits per heavy atom. The molecule has 2 fully saturated rings. The number of amides is 2. The molecule has 2 heterocycles. The van der Waals surface area contributed by atoms with E-state index in [-0.39, 0.29) is 13.0 Å². The highest BCUT2D eigenvalue weighted by Crippen LogP contribution is 2.38. The number of carbonyl (C=O) groups is 1. The lowest BCUT2D eigenvalue weighted by molar-refractivity contribution is 0.0159. The lowest BCUT2D eigenvalue weighted by Crippen LogP contribution is -2.35. The molecule has 0 spiro atoms. The highest BCUT2D eigenvalue weighted by atomic mass is 19.3. The Kier molecular flexibility index (Phi) is 2.83. The standard InChI is InChI=1S/C12H14F2N4O/c13-12(14)5-6-18(7-12)11(19)15-10-4-3-9(16-17-10)8-1-2-8/h3-4,8H,1-2,5-7H2,(H,15,17,19). The number of anilines is 1. The Balaban J connectivity index is 1.60. The van der Waals surface area contributed by atoms with E-state index in [0.717, 1.165) is 23.4 Å². The summed E-state index contributed by atoms with van der Waals surface area (Å²) in [6.45, 7) is -0.473. The molecule has 7 heteroatoms. The lowest BCUT2D eigenvalue weighted by atomic mass is 10.3. The van der Waals surface area contributed by atoms with Crippen LogP contribution in [0.4, 0.5) is 19.4 Å². The maximum atomic E-state index is 13.0. The Bertz CT molecular complexity index is 487. The first-order valence-corrected chi connectivity index (χ1v) is 6.31. The first-order valence-electron chi connectivity index (χ1n) is 6.31. The van der Waals surface area contributed by atoms with E-state index in [4.69, 9.17) is 0 Å². The smallest absolute Gasteiger partial charge is 0.318 e. The number of likely N-dealkylation sites (tertiary alicyclic amines) is 1. The summed E-state index contributed by atoms with van der Waals surface area (Å²) >= 11 is 0. The molecule has 1 saturated heterocycles. The molecule has 1 N–H and O–H groups in total. The number of nitrogens with one attached hydrogen (secondary N) is 1. The Labute approximate surface area is 109 Å². The molecule has 2 aliphatic rings. The molecule has 1 aliphatic heterocycles. The van der Waals surface area contributed by atoms with E-state index in [1.165, 1.54) is 0 Å². The van der Waals surface area contributed by atoms with Crippen LogP contribution in [0.1, 0.15) is 30.9 Å². The highest BCUT2D eigenvalue weighted by Gasteiger charge is 2.40. The van der Waals surface area contributed by atoms with Crippen LogP contribution in [0.5, 0.6) is 0 Å². The van der Waals surface area contributed by atoms with Gasteiger partial charge in [0.15, 0.2) is 5.82 Å². The summed E-state index contributed by atoms with van der Waals surface area (Å²) in [5.74, 6) is -1.99. The van der Waals surface area contributed by atoms with E-state index in [0.29, 0.717) is 11.7 Å². The molecule has 5 nitrogen and oxygen atoms in total. The van der Waals surface area contributed by atoms with E-state index in [2.05, 4.69) is 15.5 Å². The van der Waals surface area contributed by atoms with Crippen LogP contribution in [0.3, 0.4) is 0 Å². The van der Waals surface area contributed by atoms with Crippen molar-refractivity contribution in [3.05, 3.63) is 17.8 Å². The van der Waals surface area contributed by atoms with Crippen molar-refractivity contribution in [1.29, 1.82) is 0 Å². The first kappa shape index (κ1) is 12.3. The van der Waals surface area contributed by atoms with Gasteiger partial charge in [0.05, 0.1) is 12.2 Å². The van der Waals surface area contributed by atoms with Gasteiger partial charge in [-0.25, -0.2) is 13.6 Å². The molecule has 0 radical (unpaired) electrons. The second-order valence-corrected chi connectivity index (χ2v) is 5.08. The number of urea groups is 1. The molecule has 1 aromatic rings. The zero-order valence-electron chi connectivity index (χ0n) is 10.3. The predicted molar refractivity (Wildman–Crippen MR) is 64.2 cm³/mol. The first-order chi connectivity index (χ1) is 9.03. The molecule has 0 bridgehead atoms. The van der Waals surface area contributed by atoms with Gasteiger partial charge in [-0.1, -0.05) is 0 Å². The Morgan fingerprint density at radius 2 is 2.16 bits per heavy atom. The van der Waals surface area contributed by atoms with Gasteiger partial charge in [0, 0.05) is 18.9 Å². The van der Waals surface area contributed by atoms with Crippen LogP contribution >= 0.6 is 0 Å². The molecule has 1 aromatic heterocycles. The topological polar surface area (TPSA) is 58.1 Å². The fraction of sp³-hybridized carbons (Fsp3) is 0.583. The largest absolute Gasteiger partial charge is 0.323 e. The van der Waals surface area contributed by atoms with E-state index in [1.54, 1.807) is 6.07 Å². The molecule has 102 valence electrons. The van der Waals surface area contributed by atoms with Gasteiger partial charge in [-0.05, 0) is 25.0 Å². The number of hydrogen-bond donors (Lipinski definition) is 1. The quantitative estimate of drug-likeness (QED) is 0.894. The van der Waals surface area contributed by atoms with Gasteiger partial charge in [0.2, 0.25) is 0 Å². The third kappa shape index (κ3) is 2.80. The van der Waals surface area contributed by atoms with Gasteiger partial charge in [0.25, 0.3) is 5.92 Å². The number of nitrogens with zero attached hydrogens (tertiary/aromatic N) is 3. The van der Waals surface area contributed by atoms with Crippen molar-refractivity contribution < 1.29 is 13.6 Å². The van der Waals surface area contributed by atoms with E-state index < -0.39 is 18.5 Å². The summed E-state index contributed by atoms with van der Waals surface area (Å²) in [5, 5.41) is 10.4. The van der Waals surface area contributed by atoms with Crippen LogP contribution in [0.25, 0.3) is 0 Å². The van der Waals surface area contributed by atoms with Crippen LogP contribution < -0.4 is 5.32 Å². The van der Waals surface area contributed by atoms with E-state index in [1.807, 2.05) is 6.07 Å². The average molecular weight is 268 g/mol. The van der Waals surface area contributed by atoms with Crippen molar-refractivity contribution in [1.82, 2.24) is 15.1 Å². The molecule has 0 unspecified atom stereocenters. The number of hydrogen-bond acceptors (Lipinski definition) is 3. The molecule has 3 rings (SSSR count). The summed E-state index contributed by atoms with van der Waals surface area (Å²) in [4.78, 5) is 12.8. The maximum absolute atomic E-state index is 13.0. The summed E-state index contributed by atoms with van der Waals surface area (Å²) in [6.07, 6.45) is 1.97. The normalized spacial score (nSPS) is 21.5. The fourth-order valence-corrected chi connectivity index (χ4v) is 2.10. The van der Waals surface area contributed by atoms with Gasteiger partial charge in [-0.2, -0.15) is 5.10 Å². The fourth-order valence-electron chi connectivity index (χ4n) is 2.10. The minimum absolute atomic E-state index is 0.0619. The molecule has 19 heavy (non-hydrogen) atoms. The summed E-state index contributed by atoms with van der Waals surface area (Å²) in [5.41, 5.74) is 0.922. The zero-order chi connectivity index (χ0) is 13.5. The molecular formula is C12H14F2N4O. The third-order valence-corrected chi connectivity index (χ3v) is 3.37. The van der Waals surface area contributed by atoms with Crippen molar-refractivity contribution in [2.24, 2.45) is 0 Å². The lowest BCUT2D eigenvalue weighted by Gasteiger charge is -2.16. The van der Waals surface area contributed by atoms with Crippen molar-refractivity contribution in [3.8, 4) is 0 Å². The average Bonchev–Trinajstić information content (AvgIpc) is 3.14. The molecular weight excluding hydrogens is 254 g/mol. The van der Waals surface area contributed by atoms with Crippen molar-refractivity contribution >= 4 is 11.8 Å². The van der Waals surface area contributed by atoms with Crippen LogP contribution in [0.15, 0.2) is 12.1 Å².